The molecule has 182 valence electrons. The molecule has 0 radical (unpaired) electrons. The van der Waals surface area contributed by atoms with Crippen LogP contribution in [-0.4, -0.2) is 63.8 Å². The van der Waals surface area contributed by atoms with E-state index in [-0.39, 0.29) is 12.7 Å². The molecule has 2 aromatic heterocycles. The van der Waals surface area contributed by atoms with Gasteiger partial charge in [-0.05, 0) is 41.5 Å². The smallest absolute Gasteiger partial charge is 0.259 e. The van der Waals surface area contributed by atoms with Gasteiger partial charge in [-0.2, -0.15) is 4.98 Å². The van der Waals surface area contributed by atoms with Crippen molar-refractivity contribution in [2.45, 2.75) is 13.0 Å². The van der Waals surface area contributed by atoms with E-state index in [1.54, 1.807) is 12.4 Å². The number of hydrogen-bond donors (Lipinski definition) is 0. The zero-order valence-corrected chi connectivity index (χ0v) is 19.7. The molecule has 9 nitrogen and oxygen atoms in total. The van der Waals surface area contributed by atoms with Crippen molar-refractivity contribution in [2.24, 2.45) is 0 Å². The van der Waals surface area contributed by atoms with Crippen LogP contribution in [0.1, 0.15) is 11.1 Å². The molecule has 0 unspecified atom stereocenters. The number of hydrogen-bond acceptors (Lipinski definition) is 8. The van der Waals surface area contributed by atoms with E-state index in [1.165, 1.54) is 5.56 Å². The molecule has 9 heteroatoms. The maximum atomic E-state index is 12.8. The van der Waals surface area contributed by atoms with Gasteiger partial charge in [0.15, 0.2) is 11.5 Å². The number of benzene rings is 2. The maximum absolute atomic E-state index is 12.8. The Hall–Kier alpha value is -4.24. The summed E-state index contributed by atoms with van der Waals surface area (Å²) in [7, 11) is 0. The highest BCUT2D eigenvalue weighted by atomic mass is 16.7. The van der Waals surface area contributed by atoms with Crippen LogP contribution >= 0.6 is 0 Å². The SMILES string of the molecule is O=C(Cc1ccc2c(c1)OCO2)N1CCN(Cc2cccc(-c3noc(-c4cccnc4)n3)c2)CC1. The summed E-state index contributed by atoms with van der Waals surface area (Å²) in [5, 5.41) is 4.15. The van der Waals surface area contributed by atoms with Crippen molar-refractivity contribution in [3.05, 3.63) is 78.1 Å². The van der Waals surface area contributed by atoms with Crippen molar-refractivity contribution in [3.63, 3.8) is 0 Å². The van der Waals surface area contributed by atoms with E-state index >= 15 is 0 Å². The minimum atomic E-state index is 0.136. The van der Waals surface area contributed by atoms with Crippen molar-refractivity contribution < 1.29 is 18.8 Å². The van der Waals surface area contributed by atoms with Gasteiger partial charge in [0.2, 0.25) is 18.5 Å². The zero-order chi connectivity index (χ0) is 24.3. The topological polar surface area (TPSA) is 93.8 Å². The van der Waals surface area contributed by atoms with Crippen LogP contribution in [0.5, 0.6) is 11.5 Å². The summed E-state index contributed by atoms with van der Waals surface area (Å²) >= 11 is 0. The standard InChI is InChI=1S/C27H25N5O4/c33-25(15-19-6-7-23-24(14-19)35-18-34-23)32-11-9-31(10-12-32)17-20-3-1-4-21(13-20)26-29-27(36-30-26)22-5-2-8-28-16-22/h1-8,13-14,16H,9-12,15,17-18H2. The van der Waals surface area contributed by atoms with Crippen LogP contribution in [0.3, 0.4) is 0 Å². The number of fused-ring (bicyclic) bond motifs is 1. The average molecular weight is 484 g/mol. The first-order valence-corrected chi connectivity index (χ1v) is 11.9. The van der Waals surface area contributed by atoms with Gasteiger partial charge < -0.3 is 18.9 Å². The first-order chi connectivity index (χ1) is 17.7. The monoisotopic (exact) mass is 483 g/mol. The van der Waals surface area contributed by atoms with E-state index in [1.807, 2.05) is 47.4 Å². The summed E-state index contributed by atoms with van der Waals surface area (Å²) in [4.78, 5) is 25.8. The van der Waals surface area contributed by atoms with Crippen molar-refractivity contribution in [1.82, 2.24) is 24.9 Å². The second-order valence-corrected chi connectivity index (χ2v) is 8.89. The Kier molecular flexibility index (Phi) is 6.05. The van der Waals surface area contributed by atoms with Crippen LogP contribution in [0.4, 0.5) is 0 Å². The summed E-state index contributed by atoms with van der Waals surface area (Å²) in [6.45, 7) is 4.10. The van der Waals surface area contributed by atoms with Crippen molar-refractivity contribution in [2.75, 3.05) is 33.0 Å². The molecular formula is C27H25N5O4. The van der Waals surface area contributed by atoms with Crippen LogP contribution in [0.2, 0.25) is 0 Å². The highest BCUT2D eigenvalue weighted by Gasteiger charge is 2.22. The Morgan fingerprint density at radius 3 is 2.61 bits per heavy atom. The fraction of sp³-hybridized carbons (Fsp3) is 0.259. The molecule has 4 aromatic rings. The number of rotatable bonds is 6. The lowest BCUT2D eigenvalue weighted by molar-refractivity contribution is -0.132. The van der Waals surface area contributed by atoms with Gasteiger partial charge in [-0.1, -0.05) is 29.4 Å². The van der Waals surface area contributed by atoms with E-state index in [0.717, 1.165) is 42.1 Å². The number of carbonyl (C=O) groups excluding carboxylic acids is 1. The molecule has 1 amide bonds. The fourth-order valence-corrected chi connectivity index (χ4v) is 4.51. The minimum Gasteiger partial charge on any atom is -0.454 e. The summed E-state index contributed by atoms with van der Waals surface area (Å²) in [5.74, 6) is 2.58. The van der Waals surface area contributed by atoms with Crippen LogP contribution in [0.25, 0.3) is 22.8 Å². The Labute approximate surface area is 208 Å². The van der Waals surface area contributed by atoms with E-state index in [9.17, 15) is 4.79 Å². The van der Waals surface area contributed by atoms with Gasteiger partial charge in [0, 0.05) is 50.7 Å². The maximum Gasteiger partial charge on any atom is 0.259 e. The predicted octanol–water partition coefficient (Wildman–Crippen LogP) is 3.41. The molecule has 2 aromatic carbocycles. The number of amides is 1. The number of piperazine rings is 1. The highest BCUT2D eigenvalue weighted by Crippen LogP contribution is 2.32. The van der Waals surface area contributed by atoms with Gasteiger partial charge in [-0.25, -0.2) is 0 Å². The summed E-state index contributed by atoms with van der Waals surface area (Å²) in [6.07, 6.45) is 3.77. The third kappa shape index (κ3) is 4.78. The van der Waals surface area contributed by atoms with Gasteiger partial charge >= 0.3 is 0 Å². The van der Waals surface area contributed by atoms with Crippen molar-refractivity contribution in [1.29, 1.82) is 0 Å². The van der Waals surface area contributed by atoms with Gasteiger partial charge in [-0.3, -0.25) is 14.7 Å². The zero-order valence-electron chi connectivity index (χ0n) is 19.7. The van der Waals surface area contributed by atoms with Gasteiger partial charge in [-0.15, -0.1) is 0 Å². The molecule has 36 heavy (non-hydrogen) atoms. The molecule has 0 atom stereocenters. The second-order valence-electron chi connectivity index (χ2n) is 8.89. The lowest BCUT2D eigenvalue weighted by Crippen LogP contribution is -2.48. The molecule has 2 aliphatic rings. The van der Waals surface area contributed by atoms with E-state index in [0.29, 0.717) is 37.0 Å². The van der Waals surface area contributed by atoms with E-state index < -0.39 is 0 Å². The molecule has 0 saturated carbocycles. The number of pyridine rings is 1. The fourth-order valence-electron chi connectivity index (χ4n) is 4.51. The molecule has 0 spiro atoms. The molecule has 0 N–H and O–H groups in total. The average Bonchev–Trinajstić information content (AvgIpc) is 3.60. The predicted molar refractivity (Wildman–Crippen MR) is 131 cm³/mol. The first kappa shape index (κ1) is 22.2. The highest BCUT2D eigenvalue weighted by molar-refractivity contribution is 5.79. The number of aromatic nitrogens is 3. The van der Waals surface area contributed by atoms with Gasteiger partial charge in [0.1, 0.15) is 0 Å². The van der Waals surface area contributed by atoms with Crippen LogP contribution in [0, 0.1) is 0 Å². The van der Waals surface area contributed by atoms with E-state index in [4.69, 9.17) is 14.0 Å². The molecule has 0 aliphatic carbocycles. The second kappa shape index (κ2) is 9.79. The lowest BCUT2D eigenvalue weighted by Gasteiger charge is -2.35. The Balaban J connectivity index is 1.04. The lowest BCUT2D eigenvalue weighted by atomic mass is 10.1. The third-order valence-corrected chi connectivity index (χ3v) is 6.44. The van der Waals surface area contributed by atoms with Crippen LogP contribution in [0.15, 0.2) is 71.5 Å². The third-order valence-electron chi connectivity index (χ3n) is 6.44. The van der Waals surface area contributed by atoms with Gasteiger partial charge in [0.25, 0.3) is 5.89 Å². The molecule has 4 heterocycles. The molecule has 1 saturated heterocycles. The van der Waals surface area contributed by atoms with Crippen molar-refractivity contribution in [3.8, 4) is 34.3 Å². The van der Waals surface area contributed by atoms with Crippen molar-refractivity contribution >= 4 is 5.91 Å². The number of carbonyl (C=O) groups is 1. The molecule has 6 rings (SSSR count). The molecule has 0 bridgehead atoms. The summed E-state index contributed by atoms with van der Waals surface area (Å²) in [5.41, 5.74) is 3.80. The van der Waals surface area contributed by atoms with Gasteiger partial charge in [0.05, 0.1) is 12.0 Å². The molecule has 1 fully saturated rings. The number of ether oxygens (including phenoxy) is 2. The van der Waals surface area contributed by atoms with E-state index in [2.05, 4.69) is 32.2 Å². The molecule has 2 aliphatic heterocycles. The molecular weight excluding hydrogens is 458 g/mol. The number of nitrogens with zero attached hydrogens (tertiary/aromatic N) is 5. The summed E-state index contributed by atoms with van der Waals surface area (Å²) in [6, 6.07) is 17.6. The summed E-state index contributed by atoms with van der Waals surface area (Å²) < 4.78 is 16.2. The van der Waals surface area contributed by atoms with Crippen LogP contribution < -0.4 is 9.47 Å². The minimum absolute atomic E-state index is 0.136. The van der Waals surface area contributed by atoms with Crippen LogP contribution in [-0.2, 0) is 17.8 Å². The first-order valence-electron chi connectivity index (χ1n) is 11.9. The largest absolute Gasteiger partial charge is 0.454 e. The Morgan fingerprint density at radius 2 is 1.75 bits per heavy atom. The Morgan fingerprint density at radius 1 is 0.889 bits per heavy atom. The Bertz CT molecular complexity index is 1370. The quantitative estimate of drug-likeness (QED) is 0.412. The normalized spacial score (nSPS) is 15.3.